The molecule has 0 fully saturated rings. The van der Waals surface area contributed by atoms with Crippen molar-refractivity contribution in [2.75, 3.05) is 0 Å². The van der Waals surface area contributed by atoms with Crippen LogP contribution in [0.4, 0.5) is 0 Å². The van der Waals surface area contributed by atoms with E-state index >= 15 is 0 Å². The lowest BCUT2D eigenvalue weighted by molar-refractivity contribution is -0.117. The summed E-state index contributed by atoms with van der Waals surface area (Å²) in [4.78, 5) is 29.0. The third-order valence-electron chi connectivity index (χ3n) is 4.07. The molecule has 6 nitrogen and oxygen atoms in total. The van der Waals surface area contributed by atoms with E-state index in [-0.39, 0.29) is 12.0 Å². The van der Waals surface area contributed by atoms with Crippen molar-refractivity contribution in [3.05, 3.63) is 70.3 Å². The van der Waals surface area contributed by atoms with Crippen LogP contribution < -0.4 is 17.0 Å². The van der Waals surface area contributed by atoms with Gasteiger partial charge < -0.3 is 11.5 Å². The molecule has 1 heterocycles. The van der Waals surface area contributed by atoms with E-state index in [2.05, 4.69) is 4.98 Å². The number of benzene rings is 2. The quantitative estimate of drug-likeness (QED) is 0.741. The minimum absolute atomic E-state index is 0.179. The lowest BCUT2D eigenvalue weighted by Gasteiger charge is -2.17. The van der Waals surface area contributed by atoms with Crippen molar-refractivity contribution < 1.29 is 4.79 Å². The number of para-hydroxylation sites is 1. The van der Waals surface area contributed by atoms with Crippen LogP contribution >= 0.6 is 0 Å². The Bertz CT molecular complexity index is 978. The van der Waals surface area contributed by atoms with Crippen LogP contribution in [0.5, 0.6) is 0 Å². The molecule has 0 saturated heterocycles. The minimum atomic E-state index is -0.411. The van der Waals surface area contributed by atoms with Crippen LogP contribution in [0.15, 0.2) is 53.3 Å². The number of nitrogens with zero attached hydrogens (tertiary/aromatic N) is 2. The zero-order chi connectivity index (χ0) is 18.0. The van der Waals surface area contributed by atoms with E-state index in [4.69, 9.17) is 11.5 Å². The lowest BCUT2D eigenvalue weighted by Crippen LogP contribution is -2.28. The van der Waals surface area contributed by atoms with Crippen molar-refractivity contribution in [2.24, 2.45) is 11.5 Å². The number of primary amides is 1. The molecular weight excluding hydrogens is 316 g/mol. The maximum atomic E-state index is 13.3. The third-order valence-corrected chi connectivity index (χ3v) is 4.07. The van der Waals surface area contributed by atoms with Crippen molar-refractivity contribution >= 4 is 16.8 Å². The smallest absolute Gasteiger partial charge is 0.266 e. The zero-order valence-corrected chi connectivity index (χ0v) is 14.0. The summed E-state index contributed by atoms with van der Waals surface area (Å²) in [5.41, 5.74) is 13.2. The molecule has 3 aromatic rings. The number of carbonyl (C=O) groups excluding carboxylic acids is 1. The largest absolute Gasteiger partial charge is 0.370 e. The number of fused-ring (bicyclic) bond motifs is 1. The summed E-state index contributed by atoms with van der Waals surface area (Å²) in [6.45, 7) is 1.80. The Hall–Kier alpha value is -2.99. The van der Waals surface area contributed by atoms with Crippen LogP contribution in [-0.4, -0.2) is 15.5 Å². The Kier molecular flexibility index (Phi) is 4.63. The van der Waals surface area contributed by atoms with Crippen molar-refractivity contribution in [3.63, 3.8) is 0 Å². The second kappa shape index (κ2) is 6.86. The van der Waals surface area contributed by atoms with Crippen LogP contribution in [0, 0.1) is 0 Å². The van der Waals surface area contributed by atoms with Gasteiger partial charge in [0.15, 0.2) is 0 Å². The van der Waals surface area contributed by atoms with Crippen LogP contribution in [0.25, 0.3) is 16.6 Å². The van der Waals surface area contributed by atoms with Gasteiger partial charge in [0.05, 0.1) is 22.6 Å². The van der Waals surface area contributed by atoms with E-state index in [0.717, 1.165) is 5.56 Å². The monoisotopic (exact) mass is 336 g/mol. The first-order valence-electron chi connectivity index (χ1n) is 8.13. The molecule has 0 aliphatic rings. The van der Waals surface area contributed by atoms with Gasteiger partial charge in [0.2, 0.25) is 5.91 Å². The van der Waals surface area contributed by atoms with Crippen molar-refractivity contribution in [2.45, 2.75) is 25.8 Å². The highest BCUT2D eigenvalue weighted by Crippen LogP contribution is 2.20. The highest BCUT2D eigenvalue weighted by Gasteiger charge is 2.17. The fourth-order valence-electron chi connectivity index (χ4n) is 2.91. The van der Waals surface area contributed by atoms with Crippen molar-refractivity contribution in [3.8, 4) is 5.69 Å². The first-order chi connectivity index (χ1) is 12.0. The highest BCUT2D eigenvalue weighted by molar-refractivity contribution is 5.83. The van der Waals surface area contributed by atoms with Crippen LogP contribution in [0.3, 0.4) is 0 Å². The van der Waals surface area contributed by atoms with Gasteiger partial charge in [-0.25, -0.2) is 4.98 Å². The van der Waals surface area contributed by atoms with E-state index in [1.165, 1.54) is 0 Å². The molecule has 1 amide bonds. The van der Waals surface area contributed by atoms with E-state index in [1.807, 2.05) is 42.5 Å². The van der Waals surface area contributed by atoms with Gasteiger partial charge in [-0.2, -0.15) is 0 Å². The maximum absolute atomic E-state index is 13.3. The van der Waals surface area contributed by atoms with Gasteiger partial charge in [0, 0.05) is 6.42 Å². The summed E-state index contributed by atoms with van der Waals surface area (Å²) < 4.78 is 1.54. The summed E-state index contributed by atoms with van der Waals surface area (Å²) in [5.74, 6) is 0.0938. The molecule has 6 heteroatoms. The fraction of sp³-hybridized carbons (Fsp3) is 0.211. The number of nitrogens with two attached hydrogens (primary N) is 2. The summed E-state index contributed by atoms with van der Waals surface area (Å²) in [5, 5.41) is 0.497. The number of amides is 1. The summed E-state index contributed by atoms with van der Waals surface area (Å²) in [7, 11) is 0. The molecule has 1 aromatic heterocycles. The average molecular weight is 336 g/mol. The predicted molar refractivity (Wildman–Crippen MR) is 97.5 cm³/mol. The predicted octanol–water partition coefficient (Wildman–Crippen LogP) is 1.82. The number of aryl methyl sites for hydroxylation is 1. The van der Waals surface area contributed by atoms with Gasteiger partial charge in [-0.05, 0) is 37.1 Å². The van der Waals surface area contributed by atoms with Crippen molar-refractivity contribution in [1.82, 2.24) is 9.55 Å². The fourth-order valence-corrected chi connectivity index (χ4v) is 2.91. The number of hydrogen-bond acceptors (Lipinski definition) is 4. The Labute approximate surface area is 145 Å². The number of rotatable bonds is 5. The van der Waals surface area contributed by atoms with E-state index in [0.29, 0.717) is 28.8 Å². The molecule has 1 unspecified atom stereocenters. The second-order valence-electron chi connectivity index (χ2n) is 6.01. The summed E-state index contributed by atoms with van der Waals surface area (Å²) in [6.07, 6.45) is 0.578. The molecular formula is C19H20N4O2. The summed E-state index contributed by atoms with van der Waals surface area (Å²) in [6, 6.07) is 14.3. The Balaban J connectivity index is 2.32. The molecule has 0 saturated carbocycles. The molecule has 2 aromatic carbocycles. The molecule has 0 bridgehead atoms. The molecule has 4 N–H and O–H groups in total. The van der Waals surface area contributed by atoms with E-state index < -0.39 is 11.9 Å². The van der Waals surface area contributed by atoms with Crippen LogP contribution in [-0.2, 0) is 11.2 Å². The van der Waals surface area contributed by atoms with Crippen LogP contribution in [0.2, 0.25) is 0 Å². The SMILES string of the molecule is CC(N)c1nc2cccc(CCC(N)=O)c2c(=O)n1-c1ccccc1. The number of aromatic nitrogens is 2. The average Bonchev–Trinajstić information content (AvgIpc) is 2.60. The molecule has 1 atom stereocenters. The molecule has 25 heavy (non-hydrogen) atoms. The number of hydrogen-bond donors (Lipinski definition) is 2. The molecule has 3 rings (SSSR count). The molecule has 0 radical (unpaired) electrons. The Morgan fingerprint density at radius 1 is 1.16 bits per heavy atom. The Morgan fingerprint density at radius 2 is 1.88 bits per heavy atom. The second-order valence-corrected chi connectivity index (χ2v) is 6.01. The summed E-state index contributed by atoms with van der Waals surface area (Å²) >= 11 is 0. The standard InChI is InChI=1S/C19H20N4O2/c1-12(20)18-22-15-9-5-6-13(10-11-16(21)24)17(15)19(25)23(18)14-7-3-2-4-8-14/h2-9,12H,10-11,20H2,1H3,(H2,21,24). The molecule has 0 spiro atoms. The van der Waals surface area contributed by atoms with Gasteiger partial charge >= 0.3 is 0 Å². The Morgan fingerprint density at radius 3 is 2.52 bits per heavy atom. The number of carbonyl (C=O) groups is 1. The van der Waals surface area contributed by atoms with E-state index in [1.54, 1.807) is 17.6 Å². The van der Waals surface area contributed by atoms with Crippen LogP contribution in [0.1, 0.15) is 30.8 Å². The molecule has 0 aliphatic carbocycles. The van der Waals surface area contributed by atoms with Gasteiger partial charge in [0.1, 0.15) is 5.82 Å². The molecule has 0 aliphatic heterocycles. The highest BCUT2D eigenvalue weighted by atomic mass is 16.1. The topological polar surface area (TPSA) is 104 Å². The van der Waals surface area contributed by atoms with Gasteiger partial charge in [-0.15, -0.1) is 0 Å². The first-order valence-corrected chi connectivity index (χ1v) is 8.13. The third kappa shape index (κ3) is 3.29. The zero-order valence-electron chi connectivity index (χ0n) is 14.0. The minimum Gasteiger partial charge on any atom is -0.370 e. The molecule has 128 valence electrons. The normalized spacial score (nSPS) is 12.2. The van der Waals surface area contributed by atoms with Gasteiger partial charge in [-0.1, -0.05) is 30.3 Å². The van der Waals surface area contributed by atoms with Crippen molar-refractivity contribution in [1.29, 1.82) is 0 Å². The van der Waals surface area contributed by atoms with Gasteiger partial charge in [-0.3, -0.25) is 14.2 Å². The van der Waals surface area contributed by atoms with E-state index in [9.17, 15) is 9.59 Å². The maximum Gasteiger partial charge on any atom is 0.266 e. The van der Waals surface area contributed by atoms with Gasteiger partial charge in [0.25, 0.3) is 5.56 Å². The first kappa shape index (κ1) is 16.9. The lowest BCUT2D eigenvalue weighted by atomic mass is 10.0.